The first-order chi connectivity index (χ1) is 8.25. The summed E-state index contributed by atoms with van der Waals surface area (Å²) < 4.78 is 0. The van der Waals surface area contributed by atoms with Gasteiger partial charge in [0, 0.05) is 23.5 Å². The van der Waals surface area contributed by atoms with Crippen LogP contribution in [0.5, 0.6) is 0 Å². The topological polar surface area (TPSA) is 29.3 Å². The average Bonchev–Trinajstić information content (AvgIpc) is 3.01. The van der Waals surface area contributed by atoms with E-state index in [-0.39, 0.29) is 0 Å². The van der Waals surface area contributed by atoms with Crippen LogP contribution in [0.4, 0.5) is 0 Å². The predicted octanol–water partition coefficient (Wildman–Crippen LogP) is 3.23. The first-order valence-electron chi connectivity index (χ1n) is 6.77. The summed E-state index contributed by atoms with van der Waals surface area (Å²) in [6.07, 6.45) is 6.53. The van der Waals surface area contributed by atoms with E-state index in [0.717, 1.165) is 19.0 Å². The van der Waals surface area contributed by atoms with E-state index >= 15 is 0 Å². The normalized spacial score (nSPS) is 17.6. The number of unbranched alkanes of at least 4 members (excludes halogenated alkanes) is 1. The quantitative estimate of drug-likeness (QED) is 0.720. The molecule has 1 atom stereocenters. The van der Waals surface area contributed by atoms with Crippen LogP contribution in [0.25, 0.3) is 0 Å². The average molecular weight is 252 g/mol. The molecule has 1 aliphatic rings. The number of hydrogen-bond acceptors (Lipinski definition) is 3. The molecule has 1 aromatic rings. The second kappa shape index (κ2) is 6.53. The monoisotopic (exact) mass is 252 g/mol. The number of nitrogens with zero attached hydrogens (tertiary/aromatic N) is 1. The standard InChI is InChI=1S/C14H24N2S/c1-12(15)5-2-3-9-16(13-7-8-13)11-14-6-4-10-17-14/h4,6,10,12-13H,2-3,5,7-9,11,15H2,1H3. The van der Waals surface area contributed by atoms with Crippen molar-refractivity contribution < 1.29 is 0 Å². The molecule has 17 heavy (non-hydrogen) atoms. The van der Waals surface area contributed by atoms with Gasteiger partial charge in [-0.2, -0.15) is 0 Å². The van der Waals surface area contributed by atoms with Gasteiger partial charge < -0.3 is 5.73 Å². The molecule has 1 saturated carbocycles. The van der Waals surface area contributed by atoms with E-state index in [1.54, 1.807) is 0 Å². The maximum absolute atomic E-state index is 5.78. The minimum absolute atomic E-state index is 0.363. The van der Waals surface area contributed by atoms with Crippen LogP contribution in [0.2, 0.25) is 0 Å². The summed E-state index contributed by atoms with van der Waals surface area (Å²) in [4.78, 5) is 4.16. The molecule has 0 bridgehead atoms. The Labute approximate surface area is 109 Å². The molecule has 2 N–H and O–H groups in total. The fourth-order valence-electron chi connectivity index (χ4n) is 2.21. The lowest BCUT2D eigenvalue weighted by Crippen LogP contribution is -2.26. The summed E-state index contributed by atoms with van der Waals surface area (Å²) in [6, 6.07) is 5.64. The summed E-state index contributed by atoms with van der Waals surface area (Å²) in [5, 5.41) is 2.18. The van der Waals surface area contributed by atoms with Gasteiger partial charge in [-0.25, -0.2) is 0 Å². The SMILES string of the molecule is CC(N)CCCCN(Cc1cccs1)C1CC1. The molecule has 1 heterocycles. The lowest BCUT2D eigenvalue weighted by Gasteiger charge is -2.21. The van der Waals surface area contributed by atoms with Crippen LogP contribution in [0, 0.1) is 0 Å². The molecule has 1 aromatic heterocycles. The molecule has 0 amide bonds. The first-order valence-corrected chi connectivity index (χ1v) is 7.65. The maximum Gasteiger partial charge on any atom is 0.0330 e. The lowest BCUT2D eigenvalue weighted by molar-refractivity contribution is 0.250. The highest BCUT2D eigenvalue weighted by atomic mass is 32.1. The minimum Gasteiger partial charge on any atom is -0.328 e. The highest BCUT2D eigenvalue weighted by Crippen LogP contribution is 2.29. The first kappa shape index (κ1) is 13.1. The van der Waals surface area contributed by atoms with E-state index in [4.69, 9.17) is 5.73 Å². The van der Waals surface area contributed by atoms with Crippen LogP contribution in [0.3, 0.4) is 0 Å². The summed E-state index contributed by atoms with van der Waals surface area (Å²) in [5.41, 5.74) is 5.78. The van der Waals surface area contributed by atoms with Crippen molar-refractivity contribution in [3.63, 3.8) is 0 Å². The van der Waals surface area contributed by atoms with Crippen molar-refractivity contribution in [2.24, 2.45) is 5.73 Å². The van der Waals surface area contributed by atoms with Gasteiger partial charge in [-0.1, -0.05) is 12.5 Å². The van der Waals surface area contributed by atoms with Gasteiger partial charge in [0.25, 0.3) is 0 Å². The maximum atomic E-state index is 5.78. The third-order valence-corrected chi connectivity index (χ3v) is 4.22. The molecule has 2 nitrogen and oxygen atoms in total. The number of rotatable bonds is 8. The summed E-state index contributed by atoms with van der Waals surface area (Å²) in [5.74, 6) is 0. The van der Waals surface area contributed by atoms with E-state index in [9.17, 15) is 0 Å². The molecule has 96 valence electrons. The van der Waals surface area contributed by atoms with Crippen molar-refractivity contribution in [3.05, 3.63) is 22.4 Å². The Morgan fingerprint density at radius 3 is 2.88 bits per heavy atom. The molecule has 0 aromatic carbocycles. The van der Waals surface area contributed by atoms with Crippen LogP contribution in [-0.4, -0.2) is 23.5 Å². The van der Waals surface area contributed by atoms with Crippen molar-refractivity contribution in [2.45, 2.75) is 57.7 Å². The second-order valence-corrected chi connectivity index (χ2v) is 6.29. The van der Waals surface area contributed by atoms with E-state index in [0.29, 0.717) is 6.04 Å². The van der Waals surface area contributed by atoms with Gasteiger partial charge in [0.15, 0.2) is 0 Å². The van der Waals surface area contributed by atoms with Crippen LogP contribution >= 0.6 is 11.3 Å². The molecule has 0 aliphatic heterocycles. The summed E-state index contributed by atoms with van der Waals surface area (Å²) >= 11 is 1.88. The van der Waals surface area contributed by atoms with Crippen LogP contribution < -0.4 is 5.73 Å². The van der Waals surface area contributed by atoms with Gasteiger partial charge in [-0.05, 0) is 50.6 Å². The van der Waals surface area contributed by atoms with Gasteiger partial charge in [-0.3, -0.25) is 4.90 Å². The molecular formula is C14H24N2S. The molecule has 0 spiro atoms. The Morgan fingerprint density at radius 2 is 2.29 bits per heavy atom. The Balaban J connectivity index is 1.70. The van der Waals surface area contributed by atoms with Crippen LogP contribution in [0.15, 0.2) is 17.5 Å². The van der Waals surface area contributed by atoms with Crippen molar-refractivity contribution in [1.29, 1.82) is 0 Å². The fraction of sp³-hybridized carbons (Fsp3) is 0.714. The van der Waals surface area contributed by atoms with Crippen LogP contribution in [0.1, 0.15) is 43.9 Å². The Kier molecular flexibility index (Phi) is 5.01. The fourth-order valence-corrected chi connectivity index (χ4v) is 2.94. The van der Waals surface area contributed by atoms with E-state index in [1.165, 1.54) is 37.1 Å². The van der Waals surface area contributed by atoms with Crippen molar-refractivity contribution in [2.75, 3.05) is 6.54 Å². The third kappa shape index (κ3) is 4.78. The zero-order chi connectivity index (χ0) is 12.1. The smallest absolute Gasteiger partial charge is 0.0330 e. The van der Waals surface area contributed by atoms with Gasteiger partial charge in [0.1, 0.15) is 0 Å². The molecule has 1 aliphatic carbocycles. The van der Waals surface area contributed by atoms with Gasteiger partial charge in [0.2, 0.25) is 0 Å². The van der Waals surface area contributed by atoms with Crippen molar-refractivity contribution >= 4 is 11.3 Å². The highest BCUT2D eigenvalue weighted by molar-refractivity contribution is 7.09. The molecule has 2 rings (SSSR count). The van der Waals surface area contributed by atoms with Crippen molar-refractivity contribution in [3.8, 4) is 0 Å². The zero-order valence-corrected chi connectivity index (χ0v) is 11.6. The van der Waals surface area contributed by atoms with Gasteiger partial charge in [-0.15, -0.1) is 11.3 Å². The van der Waals surface area contributed by atoms with Gasteiger partial charge >= 0.3 is 0 Å². The highest BCUT2D eigenvalue weighted by Gasteiger charge is 2.28. The Hall–Kier alpha value is -0.380. The molecule has 0 saturated heterocycles. The second-order valence-electron chi connectivity index (χ2n) is 5.25. The zero-order valence-electron chi connectivity index (χ0n) is 10.8. The molecule has 0 radical (unpaired) electrons. The minimum atomic E-state index is 0.363. The molecule has 1 fully saturated rings. The molecular weight excluding hydrogens is 228 g/mol. The summed E-state index contributed by atoms with van der Waals surface area (Å²) in [6.45, 7) is 4.50. The summed E-state index contributed by atoms with van der Waals surface area (Å²) in [7, 11) is 0. The number of nitrogens with two attached hydrogens (primary N) is 1. The Bertz CT molecular complexity index is 304. The van der Waals surface area contributed by atoms with E-state index in [2.05, 4.69) is 29.3 Å². The number of thiophene rings is 1. The third-order valence-electron chi connectivity index (χ3n) is 3.36. The predicted molar refractivity (Wildman–Crippen MR) is 75.3 cm³/mol. The van der Waals surface area contributed by atoms with Crippen molar-refractivity contribution in [1.82, 2.24) is 4.90 Å². The van der Waals surface area contributed by atoms with Crippen LogP contribution in [-0.2, 0) is 6.54 Å². The lowest BCUT2D eigenvalue weighted by atomic mass is 10.1. The number of hydrogen-bond donors (Lipinski definition) is 1. The molecule has 3 heteroatoms. The molecule has 1 unspecified atom stereocenters. The van der Waals surface area contributed by atoms with E-state index < -0.39 is 0 Å². The van der Waals surface area contributed by atoms with E-state index in [1.807, 2.05) is 11.3 Å². The van der Waals surface area contributed by atoms with Gasteiger partial charge in [0.05, 0.1) is 0 Å². The Morgan fingerprint density at radius 1 is 1.47 bits per heavy atom. The largest absolute Gasteiger partial charge is 0.328 e.